The molecule has 2 amide bonds. The molecular formula is C24H17Cl2NO2S. The van der Waals surface area contributed by atoms with Crippen LogP contribution < -0.4 is 4.90 Å². The van der Waals surface area contributed by atoms with Crippen molar-refractivity contribution in [2.24, 2.45) is 0 Å². The Kier molecular flexibility index (Phi) is 5.74. The fourth-order valence-electron chi connectivity index (χ4n) is 3.23. The van der Waals surface area contributed by atoms with Crippen molar-refractivity contribution >= 4 is 58.0 Å². The van der Waals surface area contributed by atoms with E-state index in [4.69, 9.17) is 23.2 Å². The summed E-state index contributed by atoms with van der Waals surface area (Å²) in [7, 11) is 0. The van der Waals surface area contributed by atoms with Crippen LogP contribution >= 0.6 is 35.0 Å². The molecule has 1 aliphatic rings. The van der Waals surface area contributed by atoms with Crippen LogP contribution in [0.15, 0.2) is 76.5 Å². The van der Waals surface area contributed by atoms with Crippen molar-refractivity contribution in [2.45, 2.75) is 18.7 Å². The SMILES string of the molecule is Cc1ccc(C2=C(Sc3ccc(Cl)cc3)C(=O)N(c3cccc(Cl)c3)C2=O)cc1C. The summed E-state index contributed by atoms with van der Waals surface area (Å²) in [6, 6.07) is 19.7. The predicted octanol–water partition coefficient (Wildman–Crippen LogP) is 6.69. The molecule has 6 heteroatoms. The van der Waals surface area contributed by atoms with Gasteiger partial charge in [0.15, 0.2) is 0 Å². The molecule has 0 radical (unpaired) electrons. The van der Waals surface area contributed by atoms with E-state index in [1.165, 1.54) is 16.7 Å². The largest absolute Gasteiger partial charge is 0.272 e. The summed E-state index contributed by atoms with van der Waals surface area (Å²) in [5, 5.41) is 1.07. The first kappa shape index (κ1) is 20.7. The molecule has 30 heavy (non-hydrogen) atoms. The average Bonchev–Trinajstić information content (AvgIpc) is 2.95. The summed E-state index contributed by atoms with van der Waals surface area (Å²) in [6.45, 7) is 4.00. The molecule has 3 aromatic rings. The number of benzene rings is 3. The third-order valence-electron chi connectivity index (χ3n) is 4.94. The van der Waals surface area contributed by atoms with Gasteiger partial charge in [0.2, 0.25) is 0 Å². The Balaban J connectivity index is 1.84. The van der Waals surface area contributed by atoms with Crippen LogP contribution in [-0.2, 0) is 9.59 Å². The van der Waals surface area contributed by atoms with Crippen LogP contribution in [0.1, 0.15) is 16.7 Å². The van der Waals surface area contributed by atoms with Crippen LogP contribution in [0.25, 0.3) is 5.57 Å². The highest BCUT2D eigenvalue weighted by molar-refractivity contribution is 8.04. The van der Waals surface area contributed by atoms with Crippen molar-refractivity contribution in [3.63, 3.8) is 0 Å². The number of nitrogens with zero attached hydrogens (tertiary/aromatic N) is 1. The lowest BCUT2D eigenvalue weighted by molar-refractivity contribution is -0.119. The van der Waals surface area contributed by atoms with Crippen molar-refractivity contribution < 1.29 is 9.59 Å². The highest BCUT2D eigenvalue weighted by atomic mass is 35.5. The maximum absolute atomic E-state index is 13.4. The van der Waals surface area contributed by atoms with Gasteiger partial charge in [-0.25, -0.2) is 4.90 Å². The number of hydrogen-bond acceptors (Lipinski definition) is 3. The number of anilines is 1. The first-order valence-corrected chi connectivity index (χ1v) is 10.8. The third kappa shape index (κ3) is 3.91. The Morgan fingerprint density at radius 1 is 0.767 bits per heavy atom. The molecule has 0 N–H and O–H groups in total. The molecule has 1 aliphatic heterocycles. The fourth-order valence-corrected chi connectivity index (χ4v) is 4.53. The fraction of sp³-hybridized carbons (Fsp3) is 0.0833. The van der Waals surface area contributed by atoms with Gasteiger partial charge in [0.1, 0.15) is 0 Å². The first-order chi connectivity index (χ1) is 14.3. The molecule has 4 rings (SSSR count). The molecule has 0 aromatic heterocycles. The lowest BCUT2D eigenvalue weighted by Gasteiger charge is -2.15. The molecule has 0 fully saturated rings. The topological polar surface area (TPSA) is 37.4 Å². The summed E-state index contributed by atoms with van der Waals surface area (Å²) in [6.07, 6.45) is 0. The zero-order valence-corrected chi connectivity index (χ0v) is 18.6. The van der Waals surface area contributed by atoms with Crippen LogP contribution in [0.2, 0.25) is 10.0 Å². The van der Waals surface area contributed by atoms with Crippen molar-refractivity contribution in [1.82, 2.24) is 0 Å². The zero-order valence-electron chi connectivity index (χ0n) is 16.3. The summed E-state index contributed by atoms with van der Waals surface area (Å²) in [4.78, 5) is 29.2. The maximum Gasteiger partial charge on any atom is 0.272 e. The molecule has 0 aliphatic carbocycles. The van der Waals surface area contributed by atoms with Crippen molar-refractivity contribution in [2.75, 3.05) is 4.90 Å². The molecule has 1 heterocycles. The van der Waals surface area contributed by atoms with Gasteiger partial charge in [-0.3, -0.25) is 9.59 Å². The number of carbonyl (C=O) groups is 2. The molecule has 3 nitrogen and oxygen atoms in total. The Bertz CT molecular complexity index is 1200. The third-order valence-corrected chi connectivity index (χ3v) is 6.51. The number of aryl methyl sites for hydroxylation is 2. The van der Waals surface area contributed by atoms with Gasteiger partial charge in [0.25, 0.3) is 11.8 Å². The highest BCUT2D eigenvalue weighted by Crippen LogP contribution is 2.42. The molecule has 150 valence electrons. The second-order valence-electron chi connectivity index (χ2n) is 6.98. The maximum atomic E-state index is 13.4. The summed E-state index contributed by atoms with van der Waals surface area (Å²) < 4.78 is 0. The summed E-state index contributed by atoms with van der Waals surface area (Å²) in [5.74, 6) is -0.725. The second kappa shape index (κ2) is 8.31. The minimum absolute atomic E-state index is 0.359. The molecule has 0 saturated heterocycles. The van der Waals surface area contributed by atoms with Gasteiger partial charge in [-0.2, -0.15) is 0 Å². The minimum Gasteiger partial charge on any atom is -0.268 e. The van der Waals surface area contributed by atoms with Gasteiger partial charge in [0.05, 0.1) is 16.2 Å². The molecule has 0 atom stereocenters. The number of thioether (sulfide) groups is 1. The number of rotatable bonds is 4. The molecule has 0 unspecified atom stereocenters. The van der Waals surface area contributed by atoms with E-state index in [-0.39, 0.29) is 11.8 Å². The van der Waals surface area contributed by atoms with Crippen molar-refractivity contribution in [3.8, 4) is 0 Å². The van der Waals surface area contributed by atoms with E-state index in [0.717, 1.165) is 21.6 Å². The van der Waals surface area contributed by atoms with Crippen LogP contribution in [0.3, 0.4) is 0 Å². The van der Waals surface area contributed by atoms with Gasteiger partial charge >= 0.3 is 0 Å². The Morgan fingerprint density at radius 2 is 1.50 bits per heavy atom. The second-order valence-corrected chi connectivity index (χ2v) is 8.94. The van der Waals surface area contributed by atoms with E-state index in [1.54, 1.807) is 36.4 Å². The summed E-state index contributed by atoms with van der Waals surface area (Å²) >= 11 is 13.4. The van der Waals surface area contributed by atoms with Gasteiger partial charge in [-0.1, -0.05) is 59.2 Å². The quantitative estimate of drug-likeness (QED) is 0.413. The van der Waals surface area contributed by atoms with E-state index >= 15 is 0 Å². The van der Waals surface area contributed by atoms with Crippen molar-refractivity contribution in [3.05, 3.63) is 98.4 Å². The standard InChI is InChI=1S/C24H17Cl2NO2S/c1-14-6-7-16(12-15(14)2)21-22(30-20-10-8-17(25)9-11-20)24(29)27(23(21)28)19-5-3-4-18(26)13-19/h3-13H,1-2H3. The normalized spacial score (nSPS) is 14.1. The van der Waals surface area contributed by atoms with Gasteiger partial charge < -0.3 is 0 Å². The Hall–Kier alpha value is -2.53. The van der Waals surface area contributed by atoms with E-state index in [2.05, 4.69) is 0 Å². The Morgan fingerprint density at radius 3 is 2.17 bits per heavy atom. The molecular weight excluding hydrogens is 437 g/mol. The van der Waals surface area contributed by atoms with Crippen LogP contribution in [-0.4, -0.2) is 11.8 Å². The zero-order chi connectivity index (χ0) is 21.4. The minimum atomic E-state index is -0.365. The number of carbonyl (C=O) groups excluding carboxylic acids is 2. The van der Waals surface area contributed by atoms with E-state index in [0.29, 0.717) is 26.2 Å². The smallest absolute Gasteiger partial charge is 0.268 e. The highest BCUT2D eigenvalue weighted by Gasteiger charge is 2.40. The number of amides is 2. The predicted molar refractivity (Wildman–Crippen MR) is 124 cm³/mol. The van der Waals surface area contributed by atoms with Crippen molar-refractivity contribution in [1.29, 1.82) is 0 Å². The summed E-state index contributed by atoms with van der Waals surface area (Å²) in [5.41, 5.74) is 3.73. The Labute approximate surface area is 189 Å². The monoisotopic (exact) mass is 453 g/mol. The van der Waals surface area contributed by atoms with Gasteiger partial charge in [0, 0.05) is 14.9 Å². The average molecular weight is 454 g/mol. The van der Waals surface area contributed by atoms with Gasteiger partial charge in [-0.05, 0) is 73.0 Å². The number of halogens is 2. The van der Waals surface area contributed by atoms with Crippen LogP contribution in [0.5, 0.6) is 0 Å². The number of hydrogen-bond donors (Lipinski definition) is 0. The van der Waals surface area contributed by atoms with E-state index in [1.807, 2.05) is 44.2 Å². The lowest BCUT2D eigenvalue weighted by atomic mass is 10.0. The first-order valence-electron chi connectivity index (χ1n) is 9.25. The molecule has 0 saturated carbocycles. The molecule has 0 spiro atoms. The van der Waals surface area contributed by atoms with Gasteiger partial charge in [-0.15, -0.1) is 0 Å². The van der Waals surface area contributed by atoms with Crippen LogP contribution in [0.4, 0.5) is 5.69 Å². The van der Waals surface area contributed by atoms with Crippen LogP contribution in [0, 0.1) is 13.8 Å². The molecule has 0 bridgehead atoms. The van der Waals surface area contributed by atoms with E-state index < -0.39 is 0 Å². The van der Waals surface area contributed by atoms with E-state index in [9.17, 15) is 9.59 Å². The molecule has 3 aromatic carbocycles. The lowest BCUT2D eigenvalue weighted by Crippen LogP contribution is -2.31. The number of imide groups is 1.